The summed E-state index contributed by atoms with van der Waals surface area (Å²) in [5, 5.41) is 14.7. The van der Waals surface area contributed by atoms with Gasteiger partial charge in [0.05, 0.1) is 0 Å². The number of hydrogen-bond acceptors (Lipinski definition) is 6. The molecule has 2 heterocycles. The van der Waals surface area contributed by atoms with Crippen LogP contribution in [0, 0.1) is 18.6 Å². The molecule has 168 valence electrons. The third kappa shape index (κ3) is 5.47. The van der Waals surface area contributed by atoms with Gasteiger partial charge in [0.1, 0.15) is 11.6 Å². The van der Waals surface area contributed by atoms with E-state index in [4.69, 9.17) is 4.74 Å². The second-order valence-corrected chi connectivity index (χ2v) is 8.17. The average molecular weight is 454 g/mol. The van der Waals surface area contributed by atoms with Crippen LogP contribution in [0.15, 0.2) is 12.1 Å². The number of carboxylic acids is 1. The standard InChI is InChI=1S/C20H24F2N4O4S/c1-11-5-6-12(16(22)15(11)21)10-30-17-14(19(27)28)18(31-25-17)24-20(29)23-8-7-13-4-3-9-26(13)2/h5-6,13H,3-4,7-10H2,1-2H3,(H,27,28)(H2,23,24,29). The highest BCUT2D eigenvalue weighted by Crippen LogP contribution is 2.31. The van der Waals surface area contributed by atoms with Crippen LogP contribution in [0.2, 0.25) is 0 Å². The van der Waals surface area contributed by atoms with Gasteiger partial charge in [-0.15, -0.1) is 0 Å². The Labute approximate surface area is 182 Å². The number of nitrogens with one attached hydrogen (secondary N) is 2. The van der Waals surface area contributed by atoms with Gasteiger partial charge in [0, 0.05) is 18.2 Å². The van der Waals surface area contributed by atoms with E-state index in [0.29, 0.717) is 12.6 Å². The first-order chi connectivity index (χ1) is 14.8. The summed E-state index contributed by atoms with van der Waals surface area (Å²) in [7, 11) is 2.05. The lowest BCUT2D eigenvalue weighted by Crippen LogP contribution is -2.34. The Bertz CT molecular complexity index is 969. The minimum Gasteiger partial charge on any atom is -0.477 e. The molecule has 0 aliphatic carbocycles. The third-order valence-electron chi connectivity index (χ3n) is 5.26. The molecular weight excluding hydrogens is 430 g/mol. The molecule has 3 N–H and O–H groups in total. The number of carbonyl (C=O) groups excluding carboxylic acids is 1. The monoisotopic (exact) mass is 454 g/mol. The number of anilines is 1. The van der Waals surface area contributed by atoms with Gasteiger partial charge in [-0.1, -0.05) is 12.1 Å². The molecule has 8 nitrogen and oxygen atoms in total. The molecule has 31 heavy (non-hydrogen) atoms. The van der Waals surface area contributed by atoms with E-state index in [1.807, 2.05) is 7.05 Å². The van der Waals surface area contributed by atoms with Crippen LogP contribution < -0.4 is 15.4 Å². The maximum Gasteiger partial charge on any atom is 0.344 e. The van der Waals surface area contributed by atoms with Crippen molar-refractivity contribution in [1.29, 1.82) is 0 Å². The molecule has 1 unspecified atom stereocenters. The van der Waals surface area contributed by atoms with E-state index in [9.17, 15) is 23.5 Å². The van der Waals surface area contributed by atoms with Crippen molar-refractivity contribution in [3.8, 4) is 5.88 Å². The number of amides is 2. The van der Waals surface area contributed by atoms with E-state index in [2.05, 4.69) is 19.9 Å². The van der Waals surface area contributed by atoms with E-state index >= 15 is 0 Å². The fraction of sp³-hybridized carbons (Fsp3) is 0.450. The number of hydrogen-bond donors (Lipinski definition) is 3. The molecule has 0 spiro atoms. The van der Waals surface area contributed by atoms with E-state index in [1.54, 1.807) is 0 Å². The number of urea groups is 1. The van der Waals surface area contributed by atoms with Gasteiger partial charge >= 0.3 is 12.0 Å². The number of aromatic carboxylic acids is 1. The Kier molecular flexibility index (Phi) is 7.39. The first-order valence-electron chi connectivity index (χ1n) is 9.82. The Morgan fingerprint density at radius 2 is 2.13 bits per heavy atom. The Morgan fingerprint density at radius 1 is 1.35 bits per heavy atom. The van der Waals surface area contributed by atoms with Crippen LogP contribution in [0.1, 0.15) is 40.7 Å². The number of benzene rings is 1. The second-order valence-electron chi connectivity index (χ2n) is 7.40. The number of likely N-dealkylation sites (tertiary alicyclic amines) is 1. The quantitative estimate of drug-likeness (QED) is 0.563. The Balaban J connectivity index is 1.60. The van der Waals surface area contributed by atoms with Crippen LogP contribution in [0.25, 0.3) is 0 Å². The Hall–Kier alpha value is -2.79. The lowest BCUT2D eigenvalue weighted by molar-refractivity contribution is 0.0693. The number of carboxylic acid groups (broad SMARTS) is 1. The molecule has 1 aliphatic rings. The van der Waals surface area contributed by atoms with Crippen molar-refractivity contribution >= 4 is 28.5 Å². The van der Waals surface area contributed by atoms with E-state index in [0.717, 1.165) is 37.3 Å². The highest BCUT2D eigenvalue weighted by Gasteiger charge is 2.25. The predicted octanol–water partition coefficient (Wildman–Crippen LogP) is 3.61. The van der Waals surface area contributed by atoms with Crippen LogP contribution in [-0.4, -0.2) is 52.6 Å². The van der Waals surface area contributed by atoms with Crippen molar-refractivity contribution in [3.05, 3.63) is 40.5 Å². The molecule has 3 rings (SSSR count). The number of aromatic nitrogens is 1. The largest absolute Gasteiger partial charge is 0.477 e. The third-order valence-corrected chi connectivity index (χ3v) is 6.00. The van der Waals surface area contributed by atoms with E-state index in [1.165, 1.54) is 19.1 Å². The summed E-state index contributed by atoms with van der Waals surface area (Å²) in [5.41, 5.74) is -0.265. The lowest BCUT2D eigenvalue weighted by Gasteiger charge is -2.19. The van der Waals surface area contributed by atoms with Crippen molar-refractivity contribution in [1.82, 2.24) is 14.6 Å². The molecule has 2 aromatic rings. The van der Waals surface area contributed by atoms with Crippen molar-refractivity contribution in [2.24, 2.45) is 0 Å². The number of halogens is 2. The van der Waals surface area contributed by atoms with Gasteiger partial charge in [0.15, 0.2) is 17.2 Å². The minimum absolute atomic E-state index is 0.00598. The first kappa shape index (κ1) is 22.9. The summed E-state index contributed by atoms with van der Waals surface area (Å²) in [6.07, 6.45) is 3.02. The maximum atomic E-state index is 14.0. The molecule has 0 radical (unpaired) electrons. The summed E-state index contributed by atoms with van der Waals surface area (Å²) in [6, 6.07) is 2.63. The van der Waals surface area contributed by atoms with E-state index in [-0.39, 0.29) is 27.6 Å². The molecule has 2 amide bonds. The fourth-order valence-electron chi connectivity index (χ4n) is 3.44. The molecule has 1 saturated heterocycles. The van der Waals surface area contributed by atoms with Crippen molar-refractivity contribution in [2.75, 3.05) is 25.5 Å². The lowest BCUT2D eigenvalue weighted by atomic mass is 10.1. The summed E-state index contributed by atoms with van der Waals surface area (Å²) in [4.78, 5) is 26.1. The van der Waals surface area contributed by atoms with Gasteiger partial charge in [-0.2, -0.15) is 4.37 Å². The Morgan fingerprint density at radius 3 is 2.81 bits per heavy atom. The van der Waals surface area contributed by atoms with Gasteiger partial charge in [0.25, 0.3) is 0 Å². The van der Waals surface area contributed by atoms with Crippen molar-refractivity contribution in [3.63, 3.8) is 0 Å². The van der Waals surface area contributed by atoms with Crippen molar-refractivity contribution < 1.29 is 28.2 Å². The van der Waals surface area contributed by atoms with Gasteiger partial charge in [-0.3, -0.25) is 5.32 Å². The van der Waals surface area contributed by atoms with Gasteiger partial charge in [-0.25, -0.2) is 18.4 Å². The summed E-state index contributed by atoms with van der Waals surface area (Å²) < 4.78 is 36.9. The molecule has 1 aromatic heterocycles. The number of ether oxygens (including phenoxy) is 1. The molecule has 1 aliphatic heterocycles. The fourth-order valence-corrected chi connectivity index (χ4v) is 4.16. The zero-order valence-electron chi connectivity index (χ0n) is 17.2. The SMILES string of the molecule is Cc1ccc(COc2nsc(NC(=O)NCCC3CCCN3C)c2C(=O)O)c(F)c1F. The second kappa shape index (κ2) is 10.0. The number of rotatable bonds is 8. The van der Waals surface area contributed by atoms with Crippen LogP contribution in [0.5, 0.6) is 5.88 Å². The summed E-state index contributed by atoms with van der Waals surface area (Å²) in [5.74, 6) is -3.68. The van der Waals surface area contributed by atoms with E-state index < -0.39 is 30.2 Å². The average Bonchev–Trinajstić information content (AvgIpc) is 3.31. The van der Waals surface area contributed by atoms with Gasteiger partial charge < -0.3 is 20.1 Å². The van der Waals surface area contributed by atoms with Crippen LogP contribution in [0.4, 0.5) is 18.6 Å². The number of carbonyl (C=O) groups is 2. The molecule has 0 saturated carbocycles. The van der Waals surface area contributed by atoms with Crippen LogP contribution in [-0.2, 0) is 6.61 Å². The van der Waals surface area contributed by atoms with Gasteiger partial charge in [0.2, 0.25) is 5.88 Å². The number of aryl methyl sites for hydroxylation is 1. The maximum absolute atomic E-state index is 14.0. The highest BCUT2D eigenvalue weighted by molar-refractivity contribution is 7.11. The van der Waals surface area contributed by atoms with Crippen LogP contribution >= 0.6 is 11.5 Å². The van der Waals surface area contributed by atoms with Crippen LogP contribution in [0.3, 0.4) is 0 Å². The summed E-state index contributed by atoms with van der Waals surface area (Å²) >= 11 is 0.733. The molecular formula is C20H24F2N4O4S. The zero-order valence-corrected chi connectivity index (χ0v) is 18.0. The molecule has 11 heteroatoms. The minimum atomic E-state index is -1.36. The molecule has 0 bridgehead atoms. The predicted molar refractivity (Wildman–Crippen MR) is 112 cm³/mol. The smallest absolute Gasteiger partial charge is 0.344 e. The van der Waals surface area contributed by atoms with Crippen molar-refractivity contribution in [2.45, 2.75) is 38.8 Å². The molecule has 1 aromatic carbocycles. The van der Waals surface area contributed by atoms with Gasteiger partial charge in [-0.05, 0) is 56.9 Å². The number of nitrogens with zero attached hydrogens (tertiary/aromatic N) is 2. The topological polar surface area (TPSA) is 104 Å². The zero-order chi connectivity index (χ0) is 22.5. The summed E-state index contributed by atoms with van der Waals surface area (Å²) in [6.45, 7) is 2.51. The highest BCUT2D eigenvalue weighted by atomic mass is 32.1. The normalized spacial score (nSPS) is 16.3. The molecule has 1 atom stereocenters. The molecule has 1 fully saturated rings. The first-order valence-corrected chi connectivity index (χ1v) is 10.6.